The largest absolute Gasteiger partial charge is 0.338 e. The number of carbonyl (C=O) groups is 1. The summed E-state index contributed by atoms with van der Waals surface area (Å²) in [6.45, 7) is 7.50. The van der Waals surface area contributed by atoms with Gasteiger partial charge in [0.2, 0.25) is 15.9 Å². The number of hydrogen-bond acceptors (Lipinski definition) is 4. The van der Waals surface area contributed by atoms with Crippen molar-refractivity contribution in [3.8, 4) is 0 Å². The molecule has 3 rings (SSSR count). The Kier molecular flexibility index (Phi) is 5.69. The fourth-order valence-electron chi connectivity index (χ4n) is 3.63. The summed E-state index contributed by atoms with van der Waals surface area (Å²) in [6, 6.07) is 5.51. The van der Waals surface area contributed by atoms with E-state index >= 15 is 0 Å². The Morgan fingerprint density at radius 1 is 1.15 bits per heavy atom. The Labute approximate surface area is 156 Å². The number of likely N-dealkylation sites (N-methyl/N-ethyl adjacent to an activating group) is 1. The van der Waals surface area contributed by atoms with Gasteiger partial charge in [-0.05, 0) is 37.1 Å². The number of amides is 1. The highest BCUT2D eigenvalue weighted by molar-refractivity contribution is 7.89. The van der Waals surface area contributed by atoms with Gasteiger partial charge >= 0.3 is 0 Å². The molecule has 0 bridgehead atoms. The van der Waals surface area contributed by atoms with E-state index in [9.17, 15) is 13.2 Å². The van der Waals surface area contributed by atoms with Crippen LogP contribution in [0.25, 0.3) is 0 Å². The van der Waals surface area contributed by atoms with E-state index in [1.165, 1.54) is 0 Å². The third kappa shape index (κ3) is 3.66. The Bertz CT molecular complexity index is 770. The Morgan fingerprint density at radius 2 is 1.85 bits per heavy atom. The van der Waals surface area contributed by atoms with E-state index in [0.29, 0.717) is 37.5 Å². The molecule has 0 aliphatic carbocycles. The van der Waals surface area contributed by atoms with Gasteiger partial charge in [0, 0.05) is 45.2 Å². The molecule has 2 aliphatic heterocycles. The SMILES string of the molecule is CC[C@@H](C)C(=O)N1CCc2cccc(S(=O)(=O)N3CCN(C)CC3)c2C1. The number of nitrogens with zero attached hydrogens (tertiary/aromatic N) is 3. The number of hydrogen-bond donors (Lipinski definition) is 0. The zero-order chi connectivity index (χ0) is 18.9. The molecule has 0 N–H and O–H groups in total. The first-order valence-electron chi connectivity index (χ1n) is 9.42. The van der Waals surface area contributed by atoms with Crippen LogP contribution in [-0.2, 0) is 27.8 Å². The fraction of sp³-hybridized carbons (Fsp3) is 0.632. The van der Waals surface area contributed by atoms with Crippen molar-refractivity contribution in [2.75, 3.05) is 39.8 Å². The lowest BCUT2D eigenvalue weighted by Gasteiger charge is -2.35. The molecule has 6 nitrogen and oxygen atoms in total. The third-order valence-electron chi connectivity index (χ3n) is 5.66. The van der Waals surface area contributed by atoms with Gasteiger partial charge in [-0.15, -0.1) is 0 Å². The summed E-state index contributed by atoms with van der Waals surface area (Å²) < 4.78 is 28.1. The summed E-state index contributed by atoms with van der Waals surface area (Å²) in [5, 5.41) is 0. The molecule has 1 fully saturated rings. The van der Waals surface area contributed by atoms with Gasteiger partial charge in [-0.2, -0.15) is 4.31 Å². The average molecular weight is 380 g/mol. The minimum absolute atomic E-state index is 0.0297. The normalized spacial score (nSPS) is 20.7. The monoisotopic (exact) mass is 379 g/mol. The fourth-order valence-corrected chi connectivity index (χ4v) is 5.31. The third-order valence-corrected chi connectivity index (χ3v) is 7.64. The van der Waals surface area contributed by atoms with Crippen LogP contribution in [0.15, 0.2) is 23.1 Å². The van der Waals surface area contributed by atoms with E-state index in [4.69, 9.17) is 0 Å². The molecule has 0 radical (unpaired) electrons. The summed E-state index contributed by atoms with van der Waals surface area (Å²) in [4.78, 5) is 16.9. The minimum atomic E-state index is -3.53. The van der Waals surface area contributed by atoms with Crippen LogP contribution >= 0.6 is 0 Å². The maximum absolute atomic E-state index is 13.2. The van der Waals surface area contributed by atoms with E-state index < -0.39 is 10.0 Å². The van der Waals surface area contributed by atoms with Crippen molar-refractivity contribution in [1.82, 2.24) is 14.1 Å². The summed E-state index contributed by atoms with van der Waals surface area (Å²) in [5.41, 5.74) is 1.85. The highest BCUT2D eigenvalue weighted by Crippen LogP contribution is 2.29. The highest BCUT2D eigenvalue weighted by atomic mass is 32.2. The van der Waals surface area contributed by atoms with E-state index in [-0.39, 0.29) is 11.8 Å². The van der Waals surface area contributed by atoms with Gasteiger partial charge in [0.25, 0.3) is 0 Å². The molecule has 0 spiro atoms. The van der Waals surface area contributed by atoms with Gasteiger partial charge in [-0.3, -0.25) is 4.79 Å². The number of sulfonamides is 1. The molecule has 0 saturated carbocycles. The molecule has 1 saturated heterocycles. The number of piperazine rings is 1. The predicted molar refractivity (Wildman–Crippen MR) is 101 cm³/mol. The second-order valence-electron chi connectivity index (χ2n) is 7.42. The van der Waals surface area contributed by atoms with Gasteiger partial charge in [-0.1, -0.05) is 26.0 Å². The number of benzene rings is 1. The molecular formula is C19H29N3O3S. The van der Waals surface area contributed by atoms with Crippen molar-refractivity contribution < 1.29 is 13.2 Å². The summed E-state index contributed by atoms with van der Waals surface area (Å²) in [6.07, 6.45) is 1.51. The van der Waals surface area contributed by atoms with Crippen LogP contribution < -0.4 is 0 Å². The summed E-state index contributed by atoms with van der Waals surface area (Å²) in [7, 11) is -1.53. The first-order chi connectivity index (χ1) is 12.3. The summed E-state index contributed by atoms with van der Waals surface area (Å²) >= 11 is 0. The maximum Gasteiger partial charge on any atom is 0.243 e. The van der Waals surface area contributed by atoms with E-state index in [1.807, 2.05) is 37.9 Å². The van der Waals surface area contributed by atoms with Crippen molar-refractivity contribution in [2.45, 2.75) is 38.1 Å². The lowest BCUT2D eigenvalue weighted by Crippen LogP contribution is -2.47. The zero-order valence-corrected chi connectivity index (χ0v) is 16.8. The van der Waals surface area contributed by atoms with Crippen LogP contribution in [-0.4, -0.2) is 68.2 Å². The number of fused-ring (bicyclic) bond motifs is 1. The Hall–Kier alpha value is -1.44. The molecule has 2 aliphatic rings. The molecule has 0 aromatic heterocycles. The van der Waals surface area contributed by atoms with Crippen LogP contribution in [0.5, 0.6) is 0 Å². The van der Waals surface area contributed by atoms with Crippen molar-refractivity contribution in [3.05, 3.63) is 29.3 Å². The van der Waals surface area contributed by atoms with Crippen LogP contribution in [0.4, 0.5) is 0 Å². The van der Waals surface area contributed by atoms with Crippen LogP contribution in [0.1, 0.15) is 31.4 Å². The average Bonchev–Trinajstić information content (AvgIpc) is 2.66. The minimum Gasteiger partial charge on any atom is -0.338 e. The topological polar surface area (TPSA) is 60.9 Å². The Morgan fingerprint density at radius 3 is 2.50 bits per heavy atom. The van der Waals surface area contributed by atoms with Crippen molar-refractivity contribution in [1.29, 1.82) is 0 Å². The van der Waals surface area contributed by atoms with Crippen molar-refractivity contribution in [3.63, 3.8) is 0 Å². The van der Waals surface area contributed by atoms with Gasteiger partial charge < -0.3 is 9.80 Å². The first kappa shape index (κ1) is 19.3. The standard InChI is InChI=1S/C19H29N3O3S/c1-4-15(2)19(23)21-9-8-16-6-5-7-18(17(16)14-21)26(24,25)22-12-10-20(3)11-13-22/h5-7,15H,4,8-14H2,1-3H3/t15-/m1/s1. The quantitative estimate of drug-likeness (QED) is 0.796. The smallest absolute Gasteiger partial charge is 0.243 e. The lowest BCUT2D eigenvalue weighted by atomic mass is 9.98. The second-order valence-corrected chi connectivity index (χ2v) is 9.33. The van der Waals surface area contributed by atoms with Crippen LogP contribution in [0.3, 0.4) is 0 Å². The molecule has 1 aromatic carbocycles. The van der Waals surface area contributed by atoms with E-state index in [0.717, 1.165) is 30.6 Å². The van der Waals surface area contributed by atoms with Gasteiger partial charge in [0.05, 0.1) is 4.90 Å². The van der Waals surface area contributed by atoms with Crippen molar-refractivity contribution in [2.24, 2.45) is 5.92 Å². The first-order valence-corrected chi connectivity index (χ1v) is 10.9. The maximum atomic E-state index is 13.2. The second kappa shape index (κ2) is 7.66. The van der Waals surface area contributed by atoms with Crippen LogP contribution in [0.2, 0.25) is 0 Å². The molecule has 26 heavy (non-hydrogen) atoms. The van der Waals surface area contributed by atoms with Gasteiger partial charge in [0.1, 0.15) is 0 Å². The van der Waals surface area contributed by atoms with E-state index in [1.54, 1.807) is 10.4 Å². The molecule has 7 heteroatoms. The molecule has 1 atom stereocenters. The highest BCUT2D eigenvalue weighted by Gasteiger charge is 2.33. The van der Waals surface area contributed by atoms with E-state index in [2.05, 4.69) is 4.90 Å². The molecule has 2 heterocycles. The number of rotatable bonds is 4. The summed E-state index contributed by atoms with van der Waals surface area (Å²) in [5.74, 6) is 0.0860. The van der Waals surface area contributed by atoms with Crippen LogP contribution in [0, 0.1) is 5.92 Å². The Balaban J connectivity index is 1.90. The zero-order valence-electron chi connectivity index (χ0n) is 15.9. The molecular weight excluding hydrogens is 350 g/mol. The number of carbonyl (C=O) groups excluding carboxylic acids is 1. The predicted octanol–water partition coefficient (Wildman–Crippen LogP) is 1.55. The molecule has 144 valence electrons. The molecule has 0 unspecified atom stereocenters. The van der Waals surface area contributed by atoms with Gasteiger partial charge in [-0.25, -0.2) is 8.42 Å². The molecule has 1 amide bonds. The lowest BCUT2D eigenvalue weighted by molar-refractivity contribution is -0.136. The van der Waals surface area contributed by atoms with Crippen molar-refractivity contribution >= 4 is 15.9 Å². The molecule has 1 aromatic rings. The van der Waals surface area contributed by atoms with Gasteiger partial charge in [0.15, 0.2) is 0 Å².